The molecule has 0 bridgehead atoms. The molecule has 2 aromatic rings. The van der Waals surface area contributed by atoms with Crippen molar-refractivity contribution >= 4 is 35.1 Å². The van der Waals surface area contributed by atoms with Gasteiger partial charge in [0, 0.05) is 5.38 Å². The number of hydrogen-bond acceptors (Lipinski definition) is 7. The van der Waals surface area contributed by atoms with Gasteiger partial charge in [-0.15, -0.1) is 11.3 Å². The number of esters is 1. The molecule has 0 spiro atoms. The van der Waals surface area contributed by atoms with Crippen molar-refractivity contribution in [1.82, 2.24) is 15.6 Å². The Morgan fingerprint density at radius 3 is 2.63 bits per heavy atom. The van der Waals surface area contributed by atoms with E-state index >= 15 is 0 Å². The van der Waals surface area contributed by atoms with E-state index in [1.165, 1.54) is 11.3 Å². The van der Waals surface area contributed by atoms with Crippen molar-refractivity contribution in [2.75, 3.05) is 13.2 Å². The van der Waals surface area contributed by atoms with Crippen molar-refractivity contribution in [2.45, 2.75) is 25.9 Å². The summed E-state index contributed by atoms with van der Waals surface area (Å²) < 4.78 is 4.98. The first-order valence-electron chi connectivity index (χ1n) is 9.17. The molecule has 11 heteroatoms. The van der Waals surface area contributed by atoms with Crippen molar-refractivity contribution in [3.63, 3.8) is 0 Å². The molecule has 1 heterocycles. The lowest BCUT2D eigenvalue weighted by Gasteiger charge is -2.18. The number of thiazole rings is 1. The third kappa shape index (κ3) is 7.51. The van der Waals surface area contributed by atoms with Crippen LogP contribution in [0.2, 0.25) is 0 Å². The average molecular weight is 433 g/mol. The van der Waals surface area contributed by atoms with Gasteiger partial charge in [0.1, 0.15) is 10.7 Å². The molecule has 0 saturated carbocycles. The zero-order valence-corrected chi connectivity index (χ0v) is 17.3. The Bertz CT molecular complexity index is 895. The first kappa shape index (κ1) is 22.8. The van der Waals surface area contributed by atoms with Gasteiger partial charge in [0.05, 0.1) is 32.2 Å². The molecule has 6 N–H and O–H groups in total. The smallest absolute Gasteiger partial charge is 0.308 e. The number of carbonyl (C=O) groups is 3. The van der Waals surface area contributed by atoms with Crippen LogP contribution in [0.4, 0.5) is 0 Å². The largest absolute Gasteiger partial charge is 0.466 e. The molecule has 1 atom stereocenters. The molecule has 160 valence electrons. The predicted molar refractivity (Wildman–Crippen MR) is 113 cm³/mol. The Balaban J connectivity index is 1.92. The van der Waals surface area contributed by atoms with E-state index in [2.05, 4.69) is 20.6 Å². The SMILES string of the molecule is CCOC(=O)CC(NC(=O)CNC(=O)c1csc(CN=C(N)N)n1)c1ccccc1. The molecule has 10 nitrogen and oxygen atoms in total. The summed E-state index contributed by atoms with van der Waals surface area (Å²) in [6.45, 7) is 1.87. The van der Waals surface area contributed by atoms with Crippen LogP contribution in [0.25, 0.3) is 0 Å². The number of rotatable bonds is 10. The summed E-state index contributed by atoms with van der Waals surface area (Å²) in [4.78, 5) is 44.4. The summed E-state index contributed by atoms with van der Waals surface area (Å²) in [6, 6.07) is 8.49. The Labute approximate surface area is 177 Å². The van der Waals surface area contributed by atoms with E-state index in [1.54, 1.807) is 24.4 Å². The maximum atomic E-state index is 12.3. The number of benzene rings is 1. The van der Waals surface area contributed by atoms with Crippen LogP contribution in [-0.2, 0) is 20.9 Å². The zero-order valence-electron chi connectivity index (χ0n) is 16.5. The van der Waals surface area contributed by atoms with E-state index in [0.29, 0.717) is 5.01 Å². The fourth-order valence-corrected chi connectivity index (χ4v) is 3.16. The first-order chi connectivity index (χ1) is 14.4. The summed E-state index contributed by atoms with van der Waals surface area (Å²) in [5.41, 5.74) is 11.5. The van der Waals surface area contributed by atoms with E-state index in [1.807, 2.05) is 18.2 Å². The van der Waals surface area contributed by atoms with Gasteiger partial charge in [0.15, 0.2) is 5.96 Å². The van der Waals surface area contributed by atoms with Gasteiger partial charge in [0.25, 0.3) is 5.91 Å². The van der Waals surface area contributed by atoms with E-state index < -0.39 is 23.8 Å². The minimum absolute atomic E-state index is 0.0161. The molecular weight excluding hydrogens is 408 g/mol. The zero-order chi connectivity index (χ0) is 21.9. The third-order valence-corrected chi connectivity index (χ3v) is 4.64. The number of guanidine groups is 1. The lowest BCUT2D eigenvalue weighted by molar-refractivity contribution is -0.143. The fraction of sp³-hybridized carbons (Fsp3) is 0.316. The minimum atomic E-state index is -0.569. The molecule has 0 saturated heterocycles. The molecule has 0 aliphatic carbocycles. The van der Waals surface area contributed by atoms with Crippen molar-refractivity contribution in [1.29, 1.82) is 0 Å². The Kier molecular flexibility index (Phi) is 8.75. The first-order valence-corrected chi connectivity index (χ1v) is 10.0. The summed E-state index contributed by atoms with van der Waals surface area (Å²) in [6.07, 6.45) is -0.0161. The highest BCUT2D eigenvalue weighted by Gasteiger charge is 2.20. The van der Waals surface area contributed by atoms with E-state index in [0.717, 1.165) is 5.56 Å². The van der Waals surface area contributed by atoms with Gasteiger partial charge < -0.3 is 26.8 Å². The van der Waals surface area contributed by atoms with Crippen LogP contribution in [0.15, 0.2) is 40.7 Å². The minimum Gasteiger partial charge on any atom is -0.466 e. The van der Waals surface area contributed by atoms with Crippen molar-refractivity contribution in [2.24, 2.45) is 16.5 Å². The van der Waals surface area contributed by atoms with Crippen molar-refractivity contribution in [3.05, 3.63) is 52.0 Å². The number of carbonyl (C=O) groups excluding carboxylic acids is 3. The van der Waals surface area contributed by atoms with E-state index in [4.69, 9.17) is 16.2 Å². The monoisotopic (exact) mass is 432 g/mol. The van der Waals surface area contributed by atoms with Gasteiger partial charge in [-0.2, -0.15) is 0 Å². The van der Waals surface area contributed by atoms with Crippen molar-refractivity contribution < 1.29 is 19.1 Å². The summed E-state index contributed by atoms with van der Waals surface area (Å²) in [5.74, 6) is -1.44. The molecule has 1 aromatic carbocycles. The molecule has 0 aliphatic rings. The second-order valence-corrected chi connectivity index (χ2v) is 7.03. The number of aliphatic imine (C=N–C) groups is 1. The molecule has 0 aliphatic heterocycles. The highest BCUT2D eigenvalue weighted by molar-refractivity contribution is 7.09. The number of nitrogens with one attached hydrogen (secondary N) is 2. The summed E-state index contributed by atoms with van der Waals surface area (Å²) in [7, 11) is 0. The number of nitrogens with zero attached hydrogens (tertiary/aromatic N) is 2. The Morgan fingerprint density at radius 2 is 1.97 bits per heavy atom. The Morgan fingerprint density at radius 1 is 1.23 bits per heavy atom. The van der Waals surface area contributed by atoms with Gasteiger partial charge in [-0.05, 0) is 12.5 Å². The number of hydrogen-bond donors (Lipinski definition) is 4. The highest BCUT2D eigenvalue weighted by atomic mass is 32.1. The highest BCUT2D eigenvalue weighted by Crippen LogP contribution is 2.17. The van der Waals surface area contributed by atoms with Crippen LogP contribution < -0.4 is 22.1 Å². The van der Waals surface area contributed by atoms with Gasteiger partial charge in [0.2, 0.25) is 5.91 Å². The molecule has 1 unspecified atom stereocenters. The molecule has 1 aromatic heterocycles. The number of amides is 2. The second kappa shape index (κ2) is 11.5. The van der Waals surface area contributed by atoms with Crippen LogP contribution in [0.5, 0.6) is 0 Å². The van der Waals surface area contributed by atoms with E-state index in [-0.39, 0.29) is 37.8 Å². The molecule has 0 radical (unpaired) electrons. The van der Waals surface area contributed by atoms with Crippen LogP contribution in [0.3, 0.4) is 0 Å². The lowest BCUT2D eigenvalue weighted by Crippen LogP contribution is -2.39. The third-order valence-electron chi connectivity index (χ3n) is 3.80. The summed E-state index contributed by atoms with van der Waals surface area (Å²) in [5, 5.41) is 7.37. The lowest BCUT2D eigenvalue weighted by atomic mass is 10.0. The number of ether oxygens (including phenoxy) is 1. The molecule has 30 heavy (non-hydrogen) atoms. The fourth-order valence-electron chi connectivity index (χ4n) is 2.47. The number of nitrogens with two attached hydrogens (primary N) is 2. The standard InChI is InChI=1S/C19H24N6O4S/c1-2-29-17(27)8-13(12-6-4-3-5-7-12)24-15(26)9-22-18(28)14-11-30-16(25-14)10-23-19(20)21/h3-7,11,13H,2,8-10H2,1H3,(H,22,28)(H,24,26)(H4,20,21,23). The molecule has 2 rings (SSSR count). The van der Waals surface area contributed by atoms with Crippen LogP contribution >= 0.6 is 11.3 Å². The quantitative estimate of drug-likeness (QED) is 0.241. The molecule has 2 amide bonds. The van der Waals surface area contributed by atoms with Crippen molar-refractivity contribution in [3.8, 4) is 0 Å². The van der Waals surface area contributed by atoms with E-state index in [9.17, 15) is 14.4 Å². The number of aromatic nitrogens is 1. The van der Waals surface area contributed by atoms with Crippen LogP contribution in [-0.4, -0.2) is 41.9 Å². The molecule has 0 fully saturated rings. The van der Waals surface area contributed by atoms with Gasteiger partial charge in [-0.3, -0.25) is 14.4 Å². The maximum absolute atomic E-state index is 12.3. The predicted octanol–water partition coefficient (Wildman–Crippen LogP) is 0.457. The Hall–Kier alpha value is -3.47. The second-order valence-electron chi connectivity index (χ2n) is 6.09. The normalized spacial score (nSPS) is 11.2. The average Bonchev–Trinajstić information content (AvgIpc) is 3.20. The molecular formula is C19H24N6O4S. The van der Waals surface area contributed by atoms with Crippen LogP contribution in [0.1, 0.15) is 40.4 Å². The topological polar surface area (TPSA) is 162 Å². The van der Waals surface area contributed by atoms with Gasteiger partial charge in [-0.1, -0.05) is 30.3 Å². The maximum Gasteiger partial charge on any atom is 0.308 e. The summed E-state index contributed by atoms with van der Waals surface area (Å²) >= 11 is 1.23. The van der Waals surface area contributed by atoms with Gasteiger partial charge in [-0.25, -0.2) is 9.98 Å². The van der Waals surface area contributed by atoms with Gasteiger partial charge >= 0.3 is 5.97 Å². The van der Waals surface area contributed by atoms with Crippen LogP contribution in [0, 0.1) is 0 Å².